The predicted octanol–water partition coefficient (Wildman–Crippen LogP) is 3.11. The molecule has 3 rings (SSSR count). The smallest absolute Gasteiger partial charge is 0.203 e. The van der Waals surface area contributed by atoms with Gasteiger partial charge in [-0.05, 0) is 29.5 Å². The molecule has 2 heterocycles. The summed E-state index contributed by atoms with van der Waals surface area (Å²) in [7, 11) is 0. The minimum Gasteiger partial charge on any atom is -0.384 e. The number of nitrogens with two attached hydrogens (primary N) is 1. The monoisotopic (exact) mass is 281 g/mol. The van der Waals surface area contributed by atoms with Crippen molar-refractivity contribution in [1.82, 2.24) is 20.4 Å². The lowest BCUT2D eigenvalue weighted by atomic mass is 9.84. The van der Waals surface area contributed by atoms with Crippen LogP contribution in [0.25, 0.3) is 11.2 Å². The van der Waals surface area contributed by atoms with Crippen LogP contribution in [0.5, 0.6) is 0 Å². The molecular weight excluding hydrogens is 262 g/mol. The molecule has 0 saturated carbocycles. The summed E-state index contributed by atoms with van der Waals surface area (Å²) in [6, 6.07) is 12.4. The third kappa shape index (κ3) is 2.72. The van der Waals surface area contributed by atoms with E-state index in [-0.39, 0.29) is 5.92 Å². The van der Waals surface area contributed by atoms with Crippen LogP contribution in [0.15, 0.2) is 36.4 Å². The molecule has 0 spiro atoms. The highest BCUT2D eigenvalue weighted by Crippen LogP contribution is 2.34. The zero-order chi connectivity index (χ0) is 14.8. The van der Waals surface area contributed by atoms with Crippen molar-refractivity contribution in [2.75, 3.05) is 5.73 Å². The highest BCUT2D eigenvalue weighted by atomic mass is 15.3. The van der Waals surface area contributed by atoms with Crippen LogP contribution >= 0.6 is 0 Å². The summed E-state index contributed by atoms with van der Waals surface area (Å²) in [5.74, 6) is 1.28. The third-order valence-electron chi connectivity index (χ3n) is 3.63. The van der Waals surface area contributed by atoms with Gasteiger partial charge in [0.15, 0.2) is 0 Å². The second-order valence-electron chi connectivity index (χ2n) is 5.72. The zero-order valence-corrected chi connectivity index (χ0v) is 12.2. The van der Waals surface area contributed by atoms with E-state index in [1.807, 2.05) is 12.1 Å². The van der Waals surface area contributed by atoms with Gasteiger partial charge >= 0.3 is 0 Å². The van der Waals surface area contributed by atoms with Crippen LogP contribution in [0, 0.1) is 5.92 Å². The van der Waals surface area contributed by atoms with Crippen molar-refractivity contribution < 1.29 is 0 Å². The summed E-state index contributed by atoms with van der Waals surface area (Å²) in [5, 5.41) is 11.0. The second-order valence-corrected chi connectivity index (χ2v) is 5.72. The van der Waals surface area contributed by atoms with Gasteiger partial charge in [-0.15, -0.1) is 5.10 Å². The van der Waals surface area contributed by atoms with Crippen molar-refractivity contribution in [3.05, 3.63) is 47.5 Å². The average Bonchev–Trinajstić information content (AvgIpc) is 2.93. The van der Waals surface area contributed by atoms with Gasteiger partial charge in [0.2, 0.25) is 5.65 Å². The number of nitrogens with zero attached hydrogens (tertiary/aromatic N) is 3. The summed E-state index contributed by atoms with van der Waals surface area (Å²) in [6.45, 7) is 4.45. The maximum atomic E-state index is 5.94. The molecule has 0 bridgehead atoms. The Morgan fingerprint density at radius 1 is 1.14 bits per heavy atom. The minimum absolute atomic E-state index is 0.240. The summed E-state index contributed by atoms with van der Waals surface area (Å²) in [4.78, 5) is 4.22. The van der Waals surface area contributed by atoms with Gasteiger partial charge in [0.05, 0.1) is 0 Å². The lowest BCUT2D eigenvalue weighted by Crippen LogP contribution is -2.07. The molecule has 3 aromatic rings. The summed E-state index contributed by atoms with van der Waals surface area (Å²) >= 11 is 0. The molecule has 0 fully saturated rings. The van der Waals surface area contributed by atoms with Crippen LogP contribution < -0.4 is 5.73 Å². The minimum atomic E-state index is 0.240. The second kappa shape index (κ2) is 5.52. The molecule has 0 amide bonds. The molecule has 5 heteroatoms. The first-order valence-electron chi connectivity index (χ1n) is 7.17. The van der Waals surface area contributed by atoms with Crippen LogP contribution in [0.4, 0.5) is 5.82 Å². The fourth-order valence-electron chi connectivity index (χ4n) is 2.74. The van der Waals surface area contributed by atoms with Gasteiger partial charge in [-0.25, -0.2) is 4.98 Å². The molecular formula is C16H19N5. The first-order valence-corrected chi connectivity index (χ1v) is 7.17. The normalized spacial score (nSPS) is 12.9. The fraction of sp³-hybridized carbons (Fsp3) is 0.312. The molecule has 21 heavy (non-hydrogen) atoms. The highest BCUT2D eigenvalue weighted by molar-refractivity contribution is 5.77. The molecule has 0 aliphatic heterocycles. The number of benzene rings is 1. The van der Waals surface area contributed by atoms with Gasteiger partial charge in [-0.2, -0.15) is 10.3 Å². The number of rotatable bonds is 4. The molecule has 0 saturated heterocycles. The number of pyridine rings is 1. The fourth-order valence-corrected chi connectivity index (χ4v) is 2.74. The van der Waals surface area contributed by atoms with Crippen LogP contribution in [0.2, 0.25) is 0 Å². The SMILES string of the molecule is CC(C)CC(c1ccccc1)c1cc(N)nc2n[nH]nc12. The summed E-state index contributed by atoms with van der Waals surface area (Å²) < 4.78 is 0. The maximum Gasteiger partial charge on any atom is 0.203 e. The molecule has 1 aromatic carbocycles. The predicted molar refractivity (Wildman–Crippen MR) is 83.8 cm³/mol. The lowest BCUT2D eigenvalue weighted by Gasteiger charge is -2.20. The zero-order valence-electron chi connectivity index (χ0n) is 12.2. The molecule has 108 valence electrons. The van der Waals surface area contributed by atoms with Crippen molar-refractivity contribution >= 4 is 17.0 Å². The van der Waals surface area contributed by atoms with Crippen molar-refractivity contribution in [2.24, 2.45) is 5.92 Å². The van der Waals surface area contributed by atoms with E-state index >= 15 is 0 Å². The molecule has 0 radical (unpaired) electrons. The van der Waals surface area contributed by atoms with Gasteiger partial charge in [0, 0.05) is 5.92 Å². The van der Waals surface area contributed by atoms with Crippen molar-refractivity contribution in [3.63, 3.8) is 0 Å². The van der Waals surface area contributed by atoms with E-state index in [2.05, 4.69) is 58.5 Å². The van der Waals surface area contributed by atoms with Gasteiger partial charge in [-0.1, -0.05) is 44.2 Å². The largest absolute Gasteiger partial charge is 0.384 e. The average molecular weight is 281 g/mol. The van der Waals surface area contributed by atoms with Crippen molar-refractivity contribution in [1.29, 1.82) is 0 Å². The standard InChI is InChI=1S/C16H19N5/c1-10(2)8-12(11-6-4-3-5-7-11)13-9-14(17)18-16-15(13)19-21-20-16/h3-7,9-10,12H,8H2,1-2H3,(H3,17,18,19,20,21). The number of hydrogen-bond donors (Lipinski definition) is 2. The lowest BCUT2D eigenvalue weighted by molar-refractivity contribution is 0.543. The Kier molecular flexibility index (Phi) is 3.56. The Labute approximate surface area is 123 Å². The van der Waals surface area contributed by atoms with Crippen molar-refractivity contribution in [2.45, 2.75) is 26.2 Å². The number of anilines is 1. The molecule has 2 aromatic heterocycles. The summed E-state index contributed by atoms with van der Waals surface area (Å²) in [6.07, 6.45) is 1.02. The van der Waals surface area contributed by atoms with Gasteiger partial charge in [-0.3, -0.25) is 0 Å². The maximum absolute atomic E-state index is 5.94. The number of H-pyrrole nitrogens is 1. The molecule has 1 atom stereocenters. The molecule has 5 nitrogen and oxygen atoms in total. The van der Waals surface area contributed by atoms with E-state index in [0.29, 0.717) is 17.4 Å². The first-order chi connectivity index (χ1) is 10.1. The number of aromatic nitrogens is 4. The van der Waals surface area contributed by atoms with Gasteiger partial charge in [0.1, 0.15) is 11.3 Å². The Bertz CT molecular complexity index is 733. The van der Waals surface area contributed by atoms with E-state index in [1.54, 1.807) is 0 Å². The summed E-state index contributed by atoms with van der Waals surface area (Å²) in [5.41, 5.74) is 9.67. The third-order valence-corrected chi connectivity index (χ3v) is 3.63. The van der Waals surface area contributed by atoms with E-state index in [0.717, 1.165) is 17.5 Å². The first kappa shape index (κ1) is 13.5. The molecule has 1 unspecified atom stereocenters. The Hall–Kier alpha value is -2.43. The Morgan fingerprint density at radius 2 is 1.90 bits per heavy atom. The highest BCUT2D eigenvalue weighted by Gasteiger charge is 2.21. The molecule has 3 N–H and O–H groups in total. The van der Waals surface area contributed by atoms with Crippen molar-refractivity contribution in [3.8, 4) is 0 Å². The number of fused-ring (bicyclic) bond motifs is 1. The number of aromatic amines is 1. The van der Waals surface area contributed by atoms with Crippen LogP contribution in [-0.4, -0.2) is 20.4 Å². The number of nitrogen functional groups attached to an aromatic ring is 1. The van der Waals surface area contributed by atoms with E-state index in [4.69, 9.17) is 5.73 Å². The van der Waals surface area contributed by atoms with Crippen LogP contribution in [0.3, 0.4) is 0 Å². The van der Waals surface area contributed by atoms with Gasteiger partial charge < -0.3 is 5.73 Å². The van der Waals surface area contributed by atoms with Crippen LogP contribution in [-0.2, 0) is 0 Å². The topological polar surface area (TPSA) is 80.5 Å². The molecule has 0 aliphatic rings. The number of nitrogens with one attached hydrogen (secondary N) is 1. The van der Waals surface area contributed by atoms with E-state index in [1.165, 1.54) is 5.56 Å². The van der Waals surface area contributed by atoms with Gasteiger partial charge in [0.25, 0.3) is 0 Å². The van der Waals surface area contributed by atoms with E-state index < -0.39 is 0 Å². The molecule has 0 aliphatic carbocycles. The Morgan fingerprint density at radius 3 is 2.62 bits per heavy atom. The Balaban J connectivity index is 2.16. The van der Waals surface area contributed by atoms with E-state index in [9.17, 15) is 0 Å². The van der Waals surface area contributed by atoms with Crippen LogP contribution in [0.1, 0.15) is 37.3 Å². The quantitative estimate of drug-likeness (QED) is 0.770. The number of hydrogen-bond acceptors (Lipinski definition) is 4.